The molecule has 4 heteroatoms. The fraction of sp³-hybridized carbons (Fsp3) is 0.667. The van der Waals surface area contributed by atoms with Crippen molar-refractivity contribution in [2.24, 2.45) is 5.92 Å². The molecule has 4 nitrogen and oxygen atoms in total. The number of aliphatic hydroxyl groups excluding tert-OH is 1. The first-order chi connectivity index (χ1) is 10.7. The summed E-state index contributed by atoms with van der Waals surface area (Å²) in [4.78, 5) is 2.54. The molecule has 2 aliphatic heterocycles. The van der Waals surface area contributed by atoms with E-state index in [0.717, 1.165) is 43.9 Å². The molecule has 0 radical (unpaired) electrons. The van der Waals surface area contributed by atoms with Crippen LogP contribution < -0.4 is 9.47 Å². The van der Waals surface area contributed by atoms with E-state index in [4.69, 9.17) is 9.47 Å². The van der Waals surface area contributed by atoms with Gasteiger partial charge in [0.15, 0.2) is 11.5 Å². The first kappa shape index (κ1) is 14.3. The van der Waals surface area contributed by atoms with Crippen LogP contribution in [0.4, 0.5) is 0 Å². The normalized spacial score (nSPS) is 33.8. The highest BCUT2D eigenvalue weighted by molar-refractivity contribution is 5.52. The lowest BCUT2D eigenvalue weighted by atomic mass is 9.66. The minimum absolute atomic E-state index is 0.0187. The van der Waals surface area contributed by atoms with Crippen LogP contribution in [0.15, 0.2) is 12.1 Å². The highest BCUT2D eigenvalue weighted by Gasteiger charge is 2.56. The number of hydrogen-bond acceptors (Lipinski definition) is 4. The van der Waals surface area contributed by atoms with Crippen LogP contribution >= 0.6 is 0 Å². The van der Waals surface area contributed by atoms with Gasteiger partial charge in [-0.25, -0.2) is 0 Å². The van der Waals surface area contributed by atoms with Gasteiger partial charge in [0.2, 0.25) is 0 Å². The molecular formula is C18H25NO3. The average molecular weight is 303 g/mol. The third-order valence-corrected chi connectivity index (χ3v) is 6.10. The van der Waals surface area contributed by atoms with Gasteiger partial charge in [-0.05, 0) is 42.5 Å². The molecule has 3 aliphatic rings. The van der Waals surface area contributed by atoms with Crippen molar-refractivity contribution in [2.75, 3.05) is 27.3 Å². The number of aliphatic hydroxyl groups is 1. The highest BCUT2D eigenvalue weighted by Crippen LogP contribution is 2.55. The predicted octanol–water partition coefficient (Wildman–Crippen LogP) is 2.32. The lowest BCUT2D eigenvalue weighted by molar-refractivity contribution is 0.0339. The first-order valence-electron chi connectivity index (χ1n) is 8.39. The number of rotatable bonds is 2. The van der Waals surface area contributed by atoms with Crippen LogP contribution in [0.5, 0.6) is 11.5 Å². The van der Waals surface area contributed by atoms with Gasteiger partial charge in [0.25, 0.3) is 0 Å². The molecule has 0 aromatic heterocycles. The van der Waals surface area contributed by atoms with Crippen molar-refractivity contribution in [1.29, 1.82) is 0 Å². The van der Waals surface area contributed by atoms with Gasteiger partial charge in [0.05, 0.1) is 25.9 Å². The maximum Gasteiger partial charge on any atom is 0.161 e. The molecule has 1 N–H and O–H groups in total. The van der Waals surface area contributed by atoms with Crippen molar-refractivity contribution in [1.82, 2.24) is 4.90 Å². The van der Waals surface area contributed by atoms with Crippen molar-refractivity contribution in [3.63, 3.8) is 0 Å². The van der Waals surface area contributed by atoms with E-state index in [1.54, 1.807) is 14.2 Å². The molecule has 0 amide bonds. The van der Waals surface area contributed by atoms with Crippen LogP contribution in [0, 0.1) is 5.92 Å². The number of benzene rings is 1. The summed E-state index contributed by atoms with van der Waals surface area (Å²) in [6.45, 7) is 1.86. The molecule has 4 rings (SSSR count). The van der Waals surface area contributed by atoms with Crippen molar-refractivity contribution in [3.05, 3.63) is 23.3 Å². The van der Waals surface area contributed by atoms with Gasteiger partial charge in [0.1, 0.15) is 0 Å². The summed E-state index contributed by atoms with van der Waals surface area (Å²) in [5, 5.41) is 10.6. The smallest absolute Gasteiger partial charge is 0.161 e. The Hall–Kier alpha value is -1.26. The van der Waals surface area contributed by atoms with Crippen molar-refractivity contribution in [3.8, 4) is 11.5 Å². The van der Waals surface area contributed by atoms with Crippen molar-refractivity contribution < 1.29 is 14.6 Å². The third kappa shape index (κ3) is 1.77. The summed E-state index contributed by atoms with van der Waals surface area (Å²) < 4.78 is 11.0. The molecule has 0 unspecified atom stereocenters. The Morgan fingerprint density at radius 3 is 2.73 bits per heavy atom. The van der Waals surface area contributed by atoms with Gasteiger partial charge in [0, 0.05) is 19.0 Å². The second-order valence-electron chi connectivity index (χ2n) is 6.90. The van der Waals surface area contributed by atoms with Crippen molar-refractivity contribution >= 4 is 0 Å². The highest BCUT2D eigenvalue weighted by atomic mass is 16.5. The van der Waals surface area contributed by atoms with Crippen LogP contribution in [0.1, 0.15) is 36.8 Å². The van der Waals surface area contributed by atoms with Gasteiger partial charge in [-0.2, -0.15) is 0 Å². The zero-order valence-electron chi connectivity index (χ0n) is 13.5. The fourth-order valence-corrected chi connectivity index (χ4v) is 5.18. The molecule has 2 heterocycles. The summed E-state index contributed by atoms with van der Waals surface area (Å²) in [6.07, 6.45) is 5.59. The van der Waals surface area contributed by atoms with Gasteiger partial charge in [-0.3, -0.25) is 4.90 Å². The molecule has 2 fully saturated rings. The van der Waals surface area contributed by atoms with E-state index >= 15 is 0 Å². The van der Waals surface area contributed by atoms with Crippen LogP contribution in [0.2, 0.25) is 0 Å². The van der Waals surface area contributed by atoms with Crippen LogP contribution in [0.25, 0.3) is 0 Å². The minimum atomic E-state index is -0.195. The Bertz CT molecular complexity index is 588. The Morgan fingerprint density at radius 2 is 1.95 bits per heavy atom. The van der Waals surface area contributed by atoms with E-state index in [0.29, 0.717) is 5.92 Å². The minimum Gasteiger partial charge on any atom is -0.493 e. The summed E-state index contributed by atoms with van der Waals surface area (Å²) in [7, 11) is 3.39. The maximum atomic E-state index is 10.6. The summed E-state index contributed by atoms with van der Waals surface area (Å²) >= 11 is 0. The van der Waals surface area contributed by atoms with Gasteiger partial charge in [-0.1, -0.05) is 12.8 Å². The second-order valence-corrected chi connectivity index (χ2v) is 6.90. The number of ether oxygens (including phenoxy) is 2. The summed E-state index contributed by atoms with van der Waals surface area (Å²) in [5.74, 6) is 1.98. The van der Waals surface area contributed by atoms with Crippen LogP contribution in [-0.2, 0) is 12.0 Å². The quantitative estimate of drug-likeness (QED) is 0.910. The standard InChI is InChI=1S/C18H25NO3/c1-21-16-9-12-6-8-19-11-15(20)13-5-3-4-7-18(13,19)14(12)10-17(16)22-2/h9-10,13,15,20H,3-8,11H2,1-2H3/t13-,15-,18-/m0/s1. The van der Waals surface area contributed by atoms with E-state index in [1.165, 1.54) is 24.0 Å². The SMILES string of the molecule is COc1cc2c(cc1OC)[C@]13CCCC[C@H]1[C@@H](O)CN3CC2. The Kier molecular flexibility index (Phi) is 3.35. The zero-order chi connectivity index (χ0) is 15.3. The molecular weight excluding hydrogens is 278 g/mol. The van der Waals surface area contributed by atoms with Gasteiger partial charge < -0.3 is 14.6 Å². The molecule has 1 aliphatic carbocycles. The molecule has 3 atom stereocenters. The molecule has 1 aromatic carbocycles. The van der Waals surface area contributed by atoms with Crippen LogP contribution in [-0.4, -0.2) is 43.4 Å². The van der Waals surface area contributed by atoms with Gasteiger partial charge >= 0.3 is 0 Å². The largest absolute Gasteiger partial charge is 0.493 e. The van der Waals surface area contributed by atoms with E-state index in [2.05, 4.69) is 17.0 Å². The first-order valence-corrected chi connectivity index (χ1v) is 8.39. The number of methoxy groups -OCH3 is 2. The zero-order valence-corrected chi connectivity index (χ0v) is 13.5. The molecule has 1 spiro atoms. The van der Waals surface area contributed by atoms with Crippen molar-refractivity contribution in [2.45, 2.75) is 43.7 Å². The summed E-state index contributed by atoms with van der Waals surface area (Å²) in [5.41, 5.74) is 2.76. The average Bonchev–Trinajstić information content (AvgIpc) is 2.86. The number of hydrogen-bond donors (Lipinski definition) is 1. The third-order valence-electron chi connectivity index (χ3n) is 6.10. The molecule has 1 saturated carbocycles. The Labute approximate surface area is 132 Å². The fourth-order valence-electron chi connectivity index (χ4n) is 5.18. The molecule has 120 valence electrons. The number of fused-ring (bicyclic) bond motifs is 1. The van der Waals surface area contributed by atoms with E-state index < -0.39 is 0 Å². The summed E-state index contributed by atoms with van der Waals surface area (Å²) in [6, 6.07) is 4.33. The van der Waals surface area contributed by atoms with E-state index in [1.807, 2.05) is 0 Å². The Balaban J connectivity index is 1.89. The predicted molar refractivity (Wildman–Crippen MR) is 84.5 cm³/mol. The Morgan fingerprint density at radius 1 is 1.18 bits per heavy atom. The molecule has 22 heavy (non-hydrogen) atoms. The molecule has 0 bridgehead atoms. The molecule has 1 aromatic rings. The second kappa shape index (κ2) is 5.14. The monoisotopic (exact) mass is 303 g/mol. The maximum absolute atomic E-state index is 10.6. The molecule has 1 saturated heterocycles. The van der Waals surface area contributed by atoms with E-state index in [-0.39, 0.29) is 11.6 Å². The van der Waals surface area contributed by atoms with Gasteiger partial charge in [-0.15, -0.1) is 0 Å². The van der Waals surface area contributed by atoms with Crippen LogP contribution in [0.3, 0.4) is 0 Å². The lowest BCUT2D eigenvalue weighted by Gasteiger charge is -2.49. The van der Waals surface area contributed by atoms with E-state index in [9.17, 15) is 5.11 Å². The topological polar surface area (TPSA) is 41.9 Å². The number of nitrogens with zero attached hydrogens (tertiary/aromatic N) is 1. The lowest BCUT2D eigenvalue weighted by Crippen LogP contribution is -2.51.